The minimum atomic E-state index is -0.506. The summed E-state index contributed by atoms with van der Waals surface area (Å²) in [5.74, 6) is -0.0625. The maximum absolute atomic E-state index is 13.0. The molecule has 1 spiro atoms. The lowest BCUT2D eigenvalue weighted by Gasteiger charge is -2.40. The third-order valence-corrected chi connectivity index (χ3v) is 5.42. The van der Waals surface area contributed by atoms with E-state index in [0.29, 0.717) is 25.2 Å². The molecule has 27 heavy (non-hydrogen) atoms. The van der Waals surface area contributed by atoms with Crippen molar-refractivity contribution in [3.05, 3.63) is 47.8 Å². The lowest BCUT2D eigenvalue weighted by Crippen LogP contribution is -2.56. The summed E-state index contributed by atoms with van der Waals surface area (Å²) in [5.41, 5.74) is 1.75. The Morgan fingerprint density at radius 3 is 2.74 bits per heavy atom. The van der Waals surface area contributed by atoms with Crippen LogP contribution >= 0.6 is 0 Å². The predicted octanol–water partition coefficient (Wildman–Crippen LogP) is 1.86. The number of rotatable bonds is 3. The van der Waals surface area contributed by atoms with Gasteiger partial charge in [0, 0.05) is 25.0 Å². The number of aromatic nitrogens is 2. The molecule has 2 saturated heterocycles. The molecule has 0 saturated carbocycles. The fraction of sp³-hybridized carbons (Fsp3) is 0.450. The van der Waals surface area contributed by atoms with Gasteiger partial charge in [-0.2, -0.15) is 5.10 Å². The van der Waals surface area contributed by atoms with Gasteiger partial charge in [-0.25, -0.2) is 0 Å². The van der Waals surface area contributed by atoms with Gasteiger partial charge < -0.3 is 14.5 Å². The summed E-state index contributed by atoms with van der Waals surface area (Å²) in [6.07, 6.45) is 2.53. The van der Waals surface area contributed by atoms with Crippen LogP contribution in [0, 0.1) is 6.92 Å². The highest BCUT2D eigenvalue weighted by molar-refractivity contribution is 5.96. The van der Waals surface area contributed by atoms with E-state index in [1.54, 1.807) is 9.58 Å². The standard InChI is InChI=1S/C20H24N4O3/c1-3-23-11-17(15(2)21-23)19(26)22-10-9-20(13-22)14-24(18(25)12-27-20)16-7-5-4-6-8-16/h4-8,11H,3,9-10,12-14H2,1-2H3. The van der Waals surface area contributed by atoms with E-state index in [4.69, 9.17) is 4.74 Å². The SMILES string of the molecule is CCn1cc(C(=O)N2CCC3(C2)CN(c2ccccc2)C(=O)CO3)c(C)n1. The van der Waals surface area contributed by atoms with E-state index in [1.807, 2.05) is 55.3 Å². The Morgan fingerprint density at radius 1 is 1.26 bits per heavy atom. The maximum atomic E-state index is 13.0. The van der Waals surface area contributed by atoms with Crippen LogP contribution in [0.25, 0.3) is 0 Å². The summed E-state index contributed by atoms with van der Waals surface area (Å²) in [5, 5.41) is 4.37. The Balaban J connectivity index is 1.51. The Hall–Kier alpha value is -2.67. The first-order chi connectivity index (χ1) is 13.0. The van der Waals surface area contributed by atoms with Crippen LogP contribution < -0.4 is 4.90 Å². The molecule has 2 aliphatic heterocycles. The van der Waals surface area contributed by atoms with Gasteiger partial charge in [0.15, 0.2) is 0 Å². The zero-order valence-corrected chi connectivity index (χ0v) is 15.7. The van der Waals surface area contributed by atoms with Gasteiger partial charge in [-0.3, -0.25) is 14.3 Å². The maximum Gasteiger partial charge on any atom is 0.257 e. The van der Waals surface area contributed by atoms with E-state index < -0.39 is 5.60 Å². The number of likely N-dealkylation sites (tertiary alicyclic amines) is 1. The molecule has 0 radical (unpaired) electrons. The Morgan fingerprint density at radius 2 is 2.04 bits per heavy atom. The second-order valence-corrected chi connectivity index (χ2v) is 7.25. The molecule has 2 amide bonds. The summed E-state index contributed by atoms with van der Waals surface area (Å²) >= 11 is 0. The van der Waals surface area contributed by atoms with Crippen LogP contribution in [0.2, 0.25) is 0 Å². The number of hydrogen-bond donors (Lipinski definition) is 0. The lowest BCUT2D eigenvalue weighted by molar-refractivity contribution is -0.137. The fourth-order valence-electron chi connectivity index (χ4n) is 3.88. The highest BCUT2D eigenvalue weighted by atomic mass is 16.5. The fourth-order valence-corrected chi connectivity index (χ4v) is 3.88. The molecule has 4 rings (SSSR count). The first-order valence-electron chi connectivity index (χ1n) is 9.34. The normalized spacial score (nSPS) is 22.7. The average molecular weight is 368 g/mol. The van der Waals surface area contributed by atoms with Gasteiger partial charge in [0.25, 0.3) is 11.8 Å². The molecular weight excluding hydrogens is 344 g/mol. The first kappa shape index (κ1) is 17.7. The van der Waals surface area contributed by atoms with Crippen molar-refractivity contribution in [1.29, 1.82) is 0 Å². The highest BCUT2D eigenvalue weighted by Gasteiger charge is 2.47. The average Bonchev–Trinajstić information content (AvgIpc) is 3.28. The van der Waals surface area contributed by atoms with Gasteiger partial charge in [0.05, 0.1) is 24.3 Å². The third-order valence-electron chi connectivity index (χ3n) is 5.42. The van der Waals surface area contributed by atoms with Gasteiger partial charge >= 0.3 is 0 Å². The van der Waals surface area contributed by atoms with E-state index in [0.717, 1.165) is 24.3 Å². The van der Waals surface area contributed by atoms with Crippen molar-refractivity contribution in [2.45, 2.75) is 32.4 Å². The molecule has 1 aromatic heterocycles. The predicted molar refractivity (Wildman–Crippen MR) is 101 cm³/mol. The van der Waals surface area contributed by atoms with E-state index in [-0.39, 0.29) is 18.4 Å². The number of carbonyl (C=O) groups is 2. The van der Waals surface area contributed by atoms with Crippen molar-refractivity contribution < 1.29 is 14.3 Å². The molecule has 142 valence electrons. The summed E-state index contributed by atoms with van der Waals surface area (Å²) in [7, 11) is 0. The number of benzene rings is 1. The smallest absolute Gasteiger partial charge is 0.257 e. The quantitative estimate of drug-likeness (QED) is 0.829. The van der Waals surface area contributed by atoms with Crippen molar-refractivity contribution >= 4 is 17.5 Å². The van der Waals surface area contributed by atoms with Crippen LogP contribution in [-0.4, -0.2) is 58.3 Å². The zero-order valence-electron chi connectivity index (χ0n) is 15.7. The summed E-state index contributed by atoms with van der Waals surface area (Å²) in [6.45, 7) is 6.20. The molecule has 0 bridgehead atoms. The van der Waals surface area contributed by atoms with Crippen LogP contribution in [0.5, 0.6) is 0 Å². The van der Waals surface area contributed by atoms with Crippen molar-refractivity contribution in [3.63, 3.8) is 0 Å². The van der Waals surface area contributed by atoms with E-state index in [2.05, 4.69) is 5.10 Å². The van der Waals surface area contributed by atoms with Gasteiger partial charge in [0.2, 0.25) is 0 Å². The largest absolute Gasteiger partial charge is 0.361 e. The molecule has 1 unspecified atom stereocenters. The van der Waals surface area contributed by atoms with Crippen LogP contribution in [0.1, 0.15) is 29.4 Å². The molecule has 3 heterocycles. The number of ether oxygens (including phenoxy) is 1. The monoisotopic (exact) mass is 368 g/mol. The number of hydrogen-bond acceptors (Lipinski definition) is 4. The van der Waals surface area contributed by atoms with E-state index >= 15 is 0 Å². The van der Waals surface area contributed by atoms with Crippen molar-refractivity contribution in [2.75, 3.05) is 31.1 Å². The number of amides is 2. The zero-order chi connectivity index (χ0) is 19.0. The molecule has 1 atom stereocenters. The number of morpholine rings is 1. The molecule has 7 nitrogen and oxygen atoms in total. The Labute approximate surface area is 158 Å². The molecular formula is C20H24N4O3. The molecule has 0 aliphatic carbocycles. The van der Waals surface area contributed by atoms with Crippen molar-refractivity contribution in [1.82, 2.24) is 14.7 Å². The van der Waals surface area contributed by atoms with Gasteiger partial charge in [-0.05, 0) is 32.4 Å². The lowest BCUT2D eigenvalue weighted by atomic mass is 10.00. The van der Waals surface area contributed by atoms with Gasteiger partial charge in [0.1, 0.15) is 12.2 Å². The molecule has 2 aromatic rings. The molecule has 2 aliphatic rings. The third kappa shape index (κ3) is 3.23. The Bertz CT molecular complexity index is 863. The van der Waals surface area contributed by atoms with Crippen LogP contribution in [0.3, 0.4) is 0 Å². The van der Waals surface area contributed by atoms with Crippen molar-refractivity contribution in [2.24, 2.45) is 0 Å². The second-order valence-electron chi connectivity index (χ2n) is 7.25. The van der Waals surface area contributed by atoms with Gasteiger partial charge in [-0.1, -0.05) is 18.2 Å². The first-order valence-corrected chi connectivity index (χ1v) is 9.34. The number of nitrogens with zero attached hydrogens (tertiary/aromatic N) is 4. The van der Waals surface area contributed by atoms with Gasteiger partial charge in [-0.15, -0.1) is 0 Å². The Kier molecular flexibility index (Phi) is 4.47. The highest BCUT2D eigenvalue weighted by Crippen LogP contribution is 2.32. The summed E-state index contributed by atoms with van der Waals surface area (Å²) in [6, 6.07) is 9.63. The summed E-state index contributed by atoms with van der Waals surface area (Å²) < 4.78 is 7.74. The molecule has 0 N–H and O–H groups in total. The number of carbonyl (C=O) groups excluding carboxylic acids is 2. The van der Waals surface area contributed by atoms with Crippen molar-refractivity contribution in [3.8, 4) is 0 Å². The number of aryl methyl sites for hydroxylation is 2. The molecule has 7 heteroatoms. The molecule has 2 fully saturated rings. The van der Waals surface area contributed by atoms with E-state index in [1.165, 1.54) is 0 Å². The second kappa shape index (κ2) is 6.81. The number of anilines is 1. The van der Waals surface area contributed by atoms with Crippen LogP contribution in [-0.2, 0) is 16.1 Å². The summed E-state index contributed by atoms with van der Waals surface area (Å²) in [4.78, 5) is 28.9. The van der Waals surface area contributed by atoms with Crippen LogP contribution in [0.15, 0.2) is 36.5 Å². The topological polar surface area (TPSA) is 67.7 Å². The molecule has 1 aromatic carbocycles. The van der Waals surface area contributed by atoms with E-state index in [9.17, 15) is 9.59 Å². The minimum absolute atomic E-state index is 0.0177. The minimum Gasteiger partial charge on any atom is -0.361 e. The number of para-hydroxylation sites is 1. The van der Waals surface area contributed by atoms with Crippen LogP contribution in [0.4, 0.5) is 5.69 Å².